The van der Waals surface area contributed by atoms with Gasteiger partial charge >= 0.3 is 0 Å². The molecule has 0 fully saturated rings. The number of anilines is 4. The van der Waals surface area contributed by atoms with Crippen LogP contribution in [0.25, 0.3) is 0 Å². The maximum atomic E-state index is 5.42. The van der Waals surface area contributed by atoms with Crippen LogP contribution in [0.1, 0.15) is 18.3 Å². The van der Waals surface area contributed by atoms with Crippen LogP contribution in [-0.2, 0) is 6.42 Å². The Labute approximate surface area is 171 Å². The number of nitrogens with one attached hydrogen (secondary N) is 2. The predicted octanol–water partition coefficient (Wildman–Crippen LogP) is 4.86. The largest absolute Gasteiger partial charge is 0.493 e. The van der Waals surface area contributed by atoms with Crippen LogP contribution in [0, 0.1) is 6.92 Å². The van der Waals surface area contributed by atoms with E-state index < -0.39 is 0 Å². The molecular weight excluding hydrogens is 368 g/mol. The van der Waals surface area contributed by atoms with Crippen molar-refractivity contribution < 1.29 is 14.2 Å². The van der Waals surface area contributed by atoms with Gasteiger partial charge in [0.05, 0.1) is 21.3 Å². The molecule has 0 bridgehead atoms. The van der Waals surface area contributed by atoms with Crippen molar-refractivity contribution in [2.75, 3.05) is 32.0 Å². The molecule has 7 heteroatoms. The first-order chi connectivity index (χ1) is 14.1. The zero-order valence-electron chi connectivity index (χ0n) is 17.4. The number of aryl methyl sites for hydroxylation is 2. The summed E-state index contributed by atoms with van der Waals surface area (Å²) in [6.45, 7) is 3.99. The van der Waals surface area contributed by atoms with Gasteiger partial charge < -0.3 is 24.8 Å². The van der Waals surface area contributed by atoms with Crippen LogP contribution in [0.4, 0.5) is 23.0 Å². The molecule has 7 nitrogen and oxygen atoms in total. The fraction of sp³-hybridized carbons (Fsp3) is 0.273. The highest BCUT2D eigenvalue weighted by Gasteiger charge is 2.14. The van der Waals surface area contributed by atoms with Gasteiger partial charge in [0.2, 0.25) is 5.75 Å². The average molecular weight is 394 g/mol. The summed E-state index contributed by atoms with van der Waals surface area (Å²) in [6.07, 6.45) is 0.934. The lowest BCUT2D eigenvalue weighted by atomic mass is 10.1. The molecular formula is C22H26N4O3. The molecule has 1 aromatic heterocycles. The molecule has 0 amide bonds. The van der Waals surface area contributed by atoms with Crippen LogP contribution >= 0.6 is 0 Å². The molecule has 152 valence electrons. The zero-order valence-corrected chi connectivity index (χ0v) is 17.4. The summed E-state index contributed by atoms with van der Waals surface area (Å²) in [5.74, 6) is 3.69. The van der Waals surface area contributed by atoms with E-state index in [9.17, 15) is 0 Å². The van der Waals surface area contributed by atoms with Gasteiger partial charge in [-0.15, -0.1) is 0 Å². The minimum absolute atomic E-state index is 0.540. The Hall–Kier alpha value is -3.48. The number of nitrogens with zero attached hydrogens (tertiary/aromatic N) is 2. The Kier molecular flexibility index (Phi) is 6.39. The van der Waals surface area contributed by atoms with Crippen molar-refractivity contribution in [2.45, 2.75) is 20.3 Å². The molecule has 0 atom stereocenters. The molecule has 0 spiro atoms. The third-order valence-corrected chi connectivity index (χ3v) is 4.44. The van der Waals surface area contributed by atoms with Gasteiger partial charge in [-0.3, -0.25) is 0 Å². The van der Waals surface area contributed by atoms with Crippen molar-refractivity contribution in [2.24, 2.45) is 0 Å². The number of hydrogen-bond acceptors (Lipinski definition) is 7. The van der Waals surface area contributed by atoms with Gasteiger partial charge in [0.1, 0.15) is 17.5 Å². The van der Waals surface area contributed by atoms with E-state index in [1.54, 1.807) is 21.3 Å². The Morgan fingerprint density at radius 1 is 0.828 bits per heavy atom. The maximum absolute atomic E-state index is 5.42. The van der Waals surface area contributed by atoms with Crippen LogP contribution in [0.2, 0.25) is 0 Å². The SMILES string of the molecule is CCc1ccccc1Nc1cc(Nc2cc(OC)c(OC)c(OC)c2)nc(C)n1. The van der Waals surface area contributed by atoms with Gasteiger partial charge in [-0.05, 0) is 25.0 Å². The van der Waals surface area contributed by atoms with E-state index in [0.29, 0.717) is 34.7 Å². The van der Waals surface area contributed by atoms with E-state index in [0.717, 1.165) is 17.8 Å². The molecule has 29 heavy (non-hydrogen) atoms. The monoisotopic (exact) mass is 394 g/mol. The number of hydrogen-bond donors (Lipinski definition) is 2. The summed E-state index contributed by atoms with van der Waals surface area (Å²) < 4.78 is 16.2. The third kappa shape index (κ3) is 4.68. The molecule has 0 aliphatic heterocycles. The average Bonchev–Trinajstić information content (AvgIpc) is 2.72. The van der Waals surface area contributed by atoms with Gasteiger partial charge in [-0.1, -0.05) is 25.1 Å². The lowest BCUT2D eigenvalue weighted by molar-refractivity contribution is 0.324. The van der Waals surface area contributed by atoms with Crippen molar-refractivity contribution in [3.63, 3.8) is 0 Å². The summed E-state index contributed by atoms with van der Waals surface area (Å²) in [4.78, 5) is 9.00. The number of ether oxygens (including phenoxy) is 3. The lowest BCUT2D eigenvalue weighted by Crippen LogP contribution is -2.03. The molecule has 3 rings (SSSR count). The molecule has 2 aromatic carbocycles. The molecule has 3 aromatic rings. The van der Waals surface area contributed by atoms with E-state index in [-0.39, 0.29) is 0 Å². The first-order valence-corrected chi connectivity index (χ1v) is 9.35. The van der Waals surface area contributed by atoms with Crippen LogP contribution in [0.15, 0.2) is 42.5 Å². The molecule has 0 saturated carbocycles. The standard InChI is InChI=1S/C22H26N4O3/c1-6-15-9-7-8-10-17(15)26-21-13-20(23-14(2)24-21)25-16-11-18(27-3)22(29-5)19(12-16)28-4/h7-13H,6H2,1-5H3,(H2,23,24,25,26). The fourth-order valence-corrected chi connectivity index (χ4v) is 3.09. The van der Waals surface area contributed by atoms with Gasteiger partial charge in [0.15, 0.2) is 11.5 Å². The molecule has 0 unspecified atom stereocenters. The number of rotatable bonds is 8. The summed E-state index contributed by atoms with van der Waals surface area (Å²) in [5.41, 5.74) is 3.02. The van der Waals surface area contributed by atoms with Crippen LogP contribution < -0.4 is 24.8 Å². The smallest absolute Gasteiger partial charge is 0.203 e. The van der Waals surface area contributed by atoms with Gasteiger partial charge in [0, 0.05) is 29.6 Å². The fourth-order valence-electron chi connectivity index (χ4n) is 3.09. The number of para-hydroxylation sites is 1. The summed E-state index contributed by atoms with van der Waals surface area (Å²) in [7, 11) is 4.75. The molecule has 0 radical (unpaired) electrons. The normalized spacial score (nSPS) is 10.4. The molecule has 2 N–H and O–H groups in total. The van der Waals surface area contributed by atoms with Crippen molar-refractivity contribution >= 4 is 23.0 Å². The summed E-state index contributed by atoms with van der Waals surface area (Å²) in [5, 5.41) is 6.69. The van der Waals surface area contributed by atoms with E-state index in [2.05, 4.69) is 33.6 Å². The van der Waals surface area contributed by atoms with Gasteiger partial charge in [-0.25, -0.2) is 9.97 Å². The zero-order chi connectivity index (χ0) is 20.8. The molecule has 0 saturated heterocycles. The second-order valence-electron chi connectivity index (χ2n) is 6.36. The first kappa shape index (κ1) is 20.3. The number of benzene rings is 2. The van der Waals surface area contributed by atoms with Crippen LogP contribution in [0.3, 0.4) is 0 Å². The Morgan fingerprint density at radius 3 is 2.03 bits per heavy atom. The Morgan fingerprint density at radius 2 is 1.45 bits per heavy atom. The predicted molar refractivity (Wildman–Crippen MR) is 115 cm³/mol. The summed E-state index contributed by atoms with van der Waals surface area (Å²) >= 11 is 0. The highest BCUT2D eigenvalue weighted by molar-refractivity contribution is 5.69. The number of aromatic nitrogens is 2. The second-order valence-corrected chi connectivity index (χ2v) is 6.36. The highest BCUT2D eigenvalue weighted by atomic mass is 16.5. The van der Waals surface area contributed by atoms with Gasteiger partial charge in [-0.2, -0.15) is 0 Å². The van der Waals surface area contributed by atoms with Crippen LogP contribution in [0.5, 0.6) is 17.2 Å². The Balaban J connectivity index is 1.91. The Bertz CT molecular complexity index is 967. The quantitative estimate of drug-likeness (QED) is 0.565. The van der Waals surface area contributed by atoms with E-state index in [1.165, 1.54) is 5.56 Å². The minimum Gasteiger partial charge on any atom is -0.493 e. The first-order valence-electron chi connectivity index (χ1n) is 9.35. The maximum Gasteiger partial charge on any atom is 0.203 e. The van der Waals surface area contributed by atoms with Gasteiger partial charge in [0.25, 0.3) is 0 Å². The van der Waals surface area contributed by atoms with Crippen molar-refractivity contribution in [3.8, 4) is 17.2 Å². The molecule has 0 aliphatic carbocycles. The van der Waals surface area contributed by atoms with Crippen molar-refractivity contribution in [3.05, 3.63) is 53.9 Å². The summed E-state index contributed by atoms with van der Waals surface area (Å²) in [6, 6.07) is 13.7. The molecule has 1 heterocycles. The minimum atomic E-state index is 0.540. The molecule has 0 aliphatic rings. The van der Waals surface area contributed by atoms with Crippen molar-refractivity contribution in [1.29, 1.82) is 0 Å². The van der Waals surface area contributed by atoms with E-state index in [1.807, 2.05) is 43.3 Å². The van der Waals surface area contributed by atoms with Crippen LogP contribution in [-0.4, -0.2) is 31.3 Å². The topological polar surface area (TPSA) is 77.5 Å². The number of methoxy groups -OCH3 is 3. The highest BCUT2D eigenvalue weighted by Crippen LogP contribution is 2.40. The second kappa shape index (κ2) is 9.14. The van der Waals surface area contributed by atoms with E-state index in [4.69, 9.17) is 14.2 Å². The van der Waals surface area contributed by atoms with Crippen molar-refractivity contribution in [1.82, 2.24) is 9.97 Å². The third-order valence-electron chi connectivity index (χ3n) is 4.44. The lowest BCUT2D eigenvalue weighted by Gasteiger charge is -2.16. The van der Waals surface area contributed by atoms with E-state index >= 15 is 0 Å².